The third-order valence-electron chi connectivity index (χ3n) is 11.0. The number of aliphatic hydroxyl groups excluding tert-OH is 1. The van der Waals surface area contributed by atoms with Crippen molar-refractivity contribution in [2.24, 2.45) is 39.5 Å². The molecule has 3 saturated carbocycles. The minimum Gasteiger partial charge on any atom is -0.457 e. The van der Waals surface area contributed by atoms with E-state index in [9.17, 15) is 24.3 Å². The van der Waals surface area contributed by atoms with Crippen LogP contribution in [0.2, 0.25) is 0 Å². The molecule has 2 N–H and O–H groups in total. The van der Waals surface area contributed by atoms with Crippen LogP contribution in [0.4, 0.5) is 10.1 Å². The van der Waals surface area contributed by atoms with Crippen molar-refractivity contribution in [1.82, 2.24) is 0 Å². The molecule has 230 valence electrons. The molecule has 10 heteroatoms. The van der Waals surface area contributed by atoms with Crippen LogP contribution in [0.5, 0.6) is 0 Å². The van der Waals surface area contributed by atoms with E-state index in [4.69, 9.17) is 19.6 Å². The van der Waals surface area contributed by atoms with E-state index in [0.717, 1.165) is 30.3 Å². The first kappa shape index (κ1) is 30.5. The fourth-order valence-electron chi connectivity index (χ4n) is 9.10. The number of halogens is 1. The van der Waals surface area contributed by atoms with Gasteiger partial charge in [0.1, 0.15) is 5.82 Å². The minimum absolute atomic E-state index is 0.00157. The molecular formula is C34H36FN3O5S. The zero-order valence-corrected chi connectivity index (χ0v) is 25.6. The second-order valence-electron chi connectivity index (χ2n) is 13.1. The van der Waals surface area contributed by atoms with E-state index in [1.165, 1.54) is 36.2 Å². The van der Waals surface area contributed by atoms with Crippen LogP contribution in [-0.4, -0.2) is 45.6 Å². The molecule has 0 aliphatic heterocycles. The number of allylic oxidation sites excluding steroid dienone is 2. The van der Waals surface area contributed by atoms with Gasteiger partial charge in [0.15, 0.2) is 5.60 Å². The van der Waals surface area contributed by atoms with E-state index >= 15 is 0 Å². The molecule has 0 saturated heterocycles. The molecule has 0 bridgehead atoms. The number of ether oxygens (including phenoxy) is 1. The minimum atomic E-state index is -1.51. The molecule has 2 aromatic rings. The van der Waals surface area contributed by atoms with E-state index < -0.39 is 28.5 Å². The van der Waals surface area contributed by atoms with Gasteiger partial charge in [-0.15, -0.1) is 0 Å². The predicted octanol–water partition coefficient (Wildman–Crippen LogP) is 6.68. The first-order chi connectivity index (χ1) is 21.1. The number of furan rings is 1. The van der Waals surface area contributed by atoms with Crippen molar-refractivity contribution in [1.29, 1.82) is 10.7 Å². The summed E-state index contributed by atoms with van der Waals surface area (Å²) in [7, 11) is 0. The maximum Gasteiger partial charge on any atom is 0.375 e. The second kappa shape index (κ2) is 11.4. The van der Waals surface area contributed by atoms with Gasteiger partial charge in [0.25, 0.3) is 0 Å². The monoisotopic (exact) mass is 617 g/mol. The largest absolute Gasteiger partial charge is 0.457 e. The topological polar surface area (TPSA) is 137 Å². The van der Waals surface area contributed by atoms with Gasteiger partial charge in [-0.1, -0.05) is 31.2 Å². The molecule has 0 radical (unpaired) electrons. The number of hydrogen-bond donors (Lipinski definition) is 2. The first-order valence-electron chi connectivity index (χ1n) is 15.1. The number of esters is 1. The highest BCUT2D eigenvalue weighted by Gasteiger charge is 2.71. The van der Waals surface area contributed by atoms with Crippen molar-refractivity contribution in [3.05, 3.63) is 65.9 Å². The van der Waals surface area contributed by atoms with Crippen molar-refractivity contribution >= 4 is 40.5 Å². The molecule has 0 spiro atoms. The molecule has 1 unspecified atom stereocenters. The van der Waals surface area contributed by atoms with Crippen molar-refractivity contribution in [2.75, 3.05) is 5.75 Å². The Balaban J connectivity index is 1.35. The highest BCUT2D eigenvalue weighted by atomic mass is 32.2. The Kier molecular flexibility index (Phi) is 7.91. The van der Waals surface area contributed by atoms with Crippen LogP contribution in [0.15, 0.2) is 63.7 Å². The van der Waals surface area contributed by atoms with Gasteiger partial charge in [0.2, 0.25) is 10.9 Å². The first-order valence-corrected chi connectivity index (χ1v) is 16.1. The lowest BCUT2D eigenvalue weighted by Gasteiger charge is -2.61. The Bertz CT molecular complexity index is 1570. The quantitative estimate of drug-likeness (QED) is 0.273. The average molecular weight is 618 g/mol. The third kappa shape index (κ3) is 4.76. The smallest absolute Gasteiger partial charge is 0.375 e. The van der Waals surface area contributed by atoms with Crippen molar-refractivity contribution in [3.8, 4) is 6.07 Å². The maximum absolute atomic E-state index is 13.9. The number of carbonyl (C=O) groups excluding carboxylic acids is 2. The van der Waals surface area contributed by atoms with Crippen LogP contribution < -0.4 is 0 Å². The zero-order chi connectivity index (χ0) is 31.3. The lowest BCUT2D eigenvalue weighted by Crippen LogP contribution is -2.62. The summed E-state index contributed by atoms with van der Waals surface area (Å²) < 4.78 is 24.9. The molecule has 44 heavy (non-hydrogen) atoms. The van der Waals surface area contributed by atoms with Crippen molar-refractivity contribution in [2.45, 2.75) is 64.1 Å². The fourth-order valence-corrected chi connectivity index (χ4v) is 9.91. The van der Waals surface area contributed by atoms with E-state index in [-0.39, 0.29) is 52.5 Å². The molecule has 1 aromatic carbocycles. The molecule has 0 amide bonds. The van der Waals surface area contributed by atoms with Crippen molar-refractivity contribution in [3.63, 3.8) is 0 Å². The Morgan fingerprint density at radius 3 is 2.70 bits per heavy atom. The number of nitrogens with one attached hydrogen (secondary N) is 1. The van der Waals surface area contributed by atoms with Crippen molar-refractivity contribution < 1.29 is 28.2 Å². The lowest BCUT2D eigenvalue weighted by molar-refractivity contribution is -0.175. The maximum atomic E-state index is 13.9. The summed E-state index contributed by atoms with van der Waals surface area (Å²) in [4.78, 5) is 31.9. The number of thioether (sulfide) groups is 1. The van der Waals surface area contributed by atoms with Gasteiger partial charge >= 0.3 is 5.97 Å². The van der Waals surface area contributed by atoms with Crippen LogP contribution in [0.1, 0.15) is 62.9 Å². The molecule has 4 aliphatic carbocycles. The van der Waals surface area contributed by atoms with Crippen LogP contribution >= 0.6 is 11.8 Å². The summed E-state index contributed by atoms with van der Waals surface area (Å²) in [5, 5.41) is 29.2. The number of rotatable bonds is 6. The normalized spacial score (nSPS) is 36.8. The van der Waals surface area contributed by atoms with Gasteiger partial charge in [-0.25, -0.2) is 9.18 Å². The molecule has 1 aromatic heterocycles. The number of benzene rings is 1. The Labute approximate surface area is 260 Å². The Morgan fingerprint density at radius 1 is 1.25 bits per heavy atom. The Morgan fingerprint density at radius 2 is 2.02 bits per heavy atom. The van der Waals surface area contributed by atoms with Gasteiger partial charge in [-0.05, 0) is 104 Å². The van der Waals surface area contributed by atoms with Crippen LogP contribution in [0, 0.1) is 57.1 Å². The molecule has 8 atom stereocenters. The number of fused-ring (bicyclic) bond motifs is 5. The molecule has 8 nitrogen and oxygen atoms in total. The molecule has 4 aliphatic rings. The molecular weight excluding hydrogens is 581 g/mol. The number of nitrogens with zero attached hydrogens (tertiary/aromatic N) is 2. The average Bonchev–Trinajstić information content (AvgIpc) is 3.64. The summed E-state index contributed by atoms with van der Waals surface area (Å²) in [6.07, 6.45) is 7.47. The molecule has 1 heterocycles. The SMILES string of the molecule is C[C@]12CC(C=N)C(=Nc3ccc(F)cc3)C=C1CC[C@@H]1[C@@H]2[C@@H](O)C[C@@]2(C)[C@H]1CC[C@]2(OC(=O)c1ccco1)C(=O)SCC#N. The van der Waals surface area contributed by atoms with Crippen LogP contribution in [0.25, 0.3) is 0 Å². The lowest BCUT2D eigenvalue weighted by atomic mass is 9.45. The van der Waals surface area contributed by atoms with E-state index in [2.05, 4.69) is 13.0 Å². The summed E-state index contributed by atoms with van der Waals surface area (Å²) in [5.74, 6) is -1.45. The number of carbonyl (C=O) groups is 2. The third-order valence-corrected chi connectivity index (χ3v) is 11.9. The summed E-state index contributed by atoms with van der Waals surface area (Å²) in [6, 6.07) is 11.1. The van der Waals surface area contributed by atoms with Crippen LogP contribution in [-0.2, 0) is 9.53 Å². The second-order valence-corrected chi connectivity index (χ2v) is 14.0. The van der Waals surface area contributed by atoms with E-state index in [1.807, 2.05) is 13.0 Å². The Hall–Kier alpha value is -3.55. The number of aliphatic hydroxyl groups is 1. The van der Waals surface area contributed by atoms with Gasteiger partial charge in [0.05, 0.1) is 29.9 Å². The number of nitriles is 1. The summed E-state index contributed by atoms with van der Waals surface area (Å²) in [6.45, 7) is 4.15. The summed E-state index contributed by atoms with van der Waals surface area (Å²) >= 11 is 0.861. The number of aliphatic imine (C=N–C) groups is 1. The highest BCUT2D eigenvalue weighted by Crippen LogP contribution is 2.69. The van der Waals surface area contributed by atoms with Gasteiger partial charge < -0.3 is 19.7 Å². The van der Waals surface area contributed by atoms with Gasteiger partial charge in [-0.3, -0.25) is 9.79 Å². The van der Waals surface area contributed by atoms with E-state index in [1.54, 1.807) is 18.2 Å². The number of hydrogen-bond acceptors (Lipinski definition) is 9. The predicted molar refractivity (Wildman–Crippen MR) is 164 cm³/mol. The summed E-state index contributed by atoms with van der Waals surface area (Å²) in [5.41, 5.74) is -0.181. The standard InChI is InChI=1S/C34H36FN3O5S/c1-32-17-20(19-37)26(38-23-8-6-22(35)7-9-23)16-21(32)5-10-24-25-11-12-34(31(41)44-15-13-36,33(25,2)18-27(39)29(24)32)43-30(40)28-4-3-14-42-28/h3-4,6-9,14,16,19-20,24-25,27,29,37,39H,5,10-12,15,17-18H2,1-2H3/t20?,24-,25-,27-,29+,32-,33-,34-/m0/s1. The fraction of sp³-hybridized carbons (Fsp3) is 0.500. The highest BCUT2D eigenvalue weighted by molar-refractivity contribution is 8.14. The van der Waals surface area contributed by atoms with Gasteiger partial charge in [0, 0.05) is 23.3 Å². The van der Waals surface area contributed by atoms with E-state index in [0.29, 0.717) is 24.9 Å². The van der Waals surface area contributed by atoms with Gasteiger partial charge in [-0.2, -0.15) is 5.26 Å². The zero-order valence-electron chi connectivity index (χ0n) is 24.8. The molecule has 3 fully saturated rings. The molecule has 6 rings (SSSR count). The van der Waals surface area contributed by atoms with Crippen LogP contribution in [0.3, 0.4) is 0 Å².